The molecule has 4 aromatic rings. The van der Waals surface area contributed by atoms with Crippen molar-refractivity contribution >= 4 is 39.0 Å². The fourth-order valence-corrected chi connectivity index (χ4v) is 5.65. The van der Waals surface area contributed by atoms with Crippen LogP contribution in [0, 0.1) is 6.92 Å². The predicted octanol–water partition coefficient (Wildman–Crippen LogP) is 3.78. The van der Waals surface area contributed by atoms with Crippen molar-refractivity contribution in [2.75, 3.05) is 27.2 Å². The fourth-order valence-electron chi connectivity index (χ4n) is 4.55. The lowest BCUT2D eigenvalue weighted by atomic mass is 9.96. The molecule has 1 N–H and O–H groups in total. The van der Waals surface area contributed by atoms with Crippen molar-refractivity contribution in [2.24, 2.45) is 0 Å². The average Bonchev–Trinajstić information content (AvgIpc) is 3.44. The van der Waals surface area contributed by atoms with E-state index in [4.69, 9.17) is 0 Å². The molecule has 0 fully saturated rings. The minimum atomic E-state index is -0.693. The normalized spacial score (nSPS) is 16.5. The Bertz CT molecular complexity index is 1440. The van der Waals surface area contributed by atoms with Gasteiger partial charge in [-0.15, -0.1) is 0 Å². The number of carbonyl (C=O) groups is 2. The number of carbonyl (C=O) groups excluding carboxylic acids is 2. The number of hydrogen-bond donors (Lipinski definition) is 1. The van der Waals surface area contributed by atoms with E-state index >= 15 is 0 Å². The number of rotatable bonds is 7. The van der Waals surface area contributed by atoms with Crippen LogP contribution in [0.1, 0.15) is 33.4 Å². The molecule has 1 aliphatic heterocycles. The number of thiazole rings is 1. The van der Waals surface area contributed by atoms with Gasteiger partial charge >= 0.3 is 0 Å². The molecule has 8 nitrogen and oxygen atoms in total. The Morgan fingerprint density at radius 2 is 2.00 bits per heavy atom. The third kappa shape index (κ3) is 3.57. The van der Waals surface area contributed by atoms with Crippen molar-refractivity contribution in [1.82, 2.24) is 24.2 Å². The number of imidazole rings is 1. The lowest BCUT2D eigenvalue weighted by Gasteiger charge is -2.27. The second-order valence-corrected chi connectivity index (χ2v) is 9.65. The largest absolute Gasteiger partial charge is 0.503 e. The van der Waals surface area contributed by atoms with Crippen LogP contribution in [0.25, 0.3) is 16.0 Å². The van der Waals surface area contributed by atoms with Gasteiger partial charge in [0.1, 0.15) is 0 Å². The summed E-state index contributed by atoms with van der Waals surface area (Å²) in [6, 6.07) is 10.7. The zero-order valence-electron chi connectivity index (χ0n) is 19.2. The molecule has 0 saturated heterocycles. The molecule has 1 aromatic carbocycles. The summed E-state index contributed by atoms with van der Waals surface area (Å²) in [4.78, 5) is 40.6. The first-order valence-corrected chi connectivity index (χ1v) is 11.9. The Balaban J connectivity index is 1.58. The Kier molecular flexibility index (Phi) is 5.66. The number of aryl methyl sites for hydroxylation is 1. The van der Waals surface area contributed by atoms with Crippen LogP contribution >= 0.6 is 11.3 Å². The first-order chi connectivity index (χ1) is 16.4. The van der Waals surface area contributed by atoms with Gasteiger partial charge in [-0.3, -0.25) is 19.0 Å². The molecular formula is C25H25N5O3S. The molecule has 1 aliphatic rings. The predicted molar refractivity (Wildman–Crippen MR) is 131 cm³/mol. The lowest BCUT2D eigenvalue weighted by molar-refractivity contribution is -0.129. The monoisotopic (exact) mass is 475 g/mol. The van der Waals surface area contributed by atoms with E-state index in [2.05, 4.69) is 9.97 Å². The molecule has 0 spiro atoms. The van der Waals surface area contributed by atoms with Gasteiger partial charge in [-0.05, 0) is 57.7 Å². The summed E-state index contributed by atoms with van der Waals surface area (Å²) in [5.74, 6) is -1.37. The first kappa shape index (κ1) is 22.2. The summed E-state index contributed by atoms with van der Waals surface area (Å²) >= 11 is 1.27. The Hall–Kier alpha value is -3.56. The number of pyridine rings is 1. The van der Waals surface area contributed by atoms with Gasteiger partial charge in [-0.2, -0.15) is 0 Å². The number of aliphatic hydroxyl groups is 1. The number of nitrogens with zero attached hydrogens (tertiary/aromatic N) is 5. The number of amides is 1. The number of benzene rings is 1. The second kappa shape index (κ2) is 8.66. The van der Waals surface area contributed by atoms with E-state index < -0.39 is 17.7 Å². The number of aromatic nitrogens is 3. The standard InChI is InChI=1S/C25H25N5O3S/c1-15-23(34-25-27-17-9-4-5-10-18(17)30(15)25)21(31)19-20(16-8-6-11-26-14-16)29(24(33)22(19)32)13-7-12-28(2)3/h4-6,8-11,14,20,32H,7,12-13H2,1-3H3. The second-order valence-electron chi connectivity index (χ2n) is 8.67. The van der Waals surface area contributed by atoms with E-state index in [9.17, 15) is 14.7 Å². The first-order valence-electron chi connectivity index (χ1n) is 11.1. The van der Waals surface area contributed by atoms with Crippen LogP contribution in [0.2, 0.25) is 0 Å². The molecular weight excluding hydrogens is 450 g/mol. The molecule has 9 heteroatoms. The quantitative estimate of drug-likeness (QED) is 0.409. The van der Waals surface area contributed by atoms with Crippen LogP contribution < -0.4 is 0 Å². The van der Waals surface area contributed by atoms with Gasteiger partial charge in [0.2, 0.25) is 5.78 Å². The smallest absolute Gasteiger partial charge is 0.290 e. The number of fused-ring (bicyclic) bond motifs is 3. The van der Waals surface area contributed by atoms with Gasteiger partial charge in [-0.25, -0.2) is 4.98 Å². The summed E-state index contributed by atoms with van der Waals surface area (Å²) in [5.41, 5.74) is 3.30. The summed E-state index contributed by atoms with van der Waals surface area (Å²) < 4.78 is 1.95. The maximum absolute atomic E-state index is 13.9. The summed E-state index contributed by atoms with van der Waals surface area (Å²) in [5, 5.41) is 10.9. The van der Waals surface area contributed by atoms with Crippen molar-refractivity contribution in [3.8, 4) is 0 Å². The molecule has 1 unspecified atom stereocenters. The number of aliphatic hydroxyl groups excluding tert-OH is 1. The molecule has 4 heterocycles. The highest BCUT2D eigenvalue weighted by Gasteiger charge is 2.44. The SMILES string of the molecule is Cc1c(C(=O)C2=C(O)C(=O)N(CCCN(C)C)C2c2cccnc2)sc2nc3ccccc3n12. The molecule has 0 bridgehead atoms. The lowest BCUT2D eigenvalue weighted by Crippen LogP contribution is -2.33. The molecule has 0 radical (unpaired) electrons. The van der Waals surface area contributed by atoms with Crippen molar-refractivity contribution in [1.29, 1.82) is 0 Å². The zero-order chi connectivity index (χ0) is 24.0. The van der Waals surface area contributed by atoms with Crippen molar-refractivity contribution in [2.45, 2.75) is 19.4 Å². The molecule has 1 amide bonds. The Labute approximate surface area is 200 Å². The highest BCUT2D eigenvalue weighted by molar-refractivity contribution is 7.19. The Morgan fingerprint density at radius 3 is 2.74 bits per heavy atom. The van der Waals surface area contributed by atoms with Gasteiger partial charge in [0.15, 0.2) is 10.7 Å². The maximum atomic E-state index is 13.9. The average molecular weight is 476 g/mol. The van der Waals surface area contributed by atoms with E-state index in [1.54, 1.807) is 23.4 Å². The van der Waals surface area contributed by atoms with E-state index in [-0.39, 0.29) is 11.4 Å². The van der Waals surface area contributed by atoms with Crippen LogP contribution in [0.3, 0.4) is 0 Å². The van der Waals surface area contributed by atoms with Crippen LogP contribution in [0.4, 0.5) is 0 Å². The number of hydrogen-bond acceptors (Lipinski definition) is 7. The minimum absolute atomic E-state index is 0.0970. The molecule has 3 aromatic heterocycles. The minimum Gasteiger partial charge on any atom is -0.503 e. The highest BCUT2D eigenvalue weighted by Crippen LogP contribution is 2.40. The van der Waals surface area contributed by atoms with Crippen molar-refractivity contribution < 1.29 is 14.7 Å². The third-order valence-electron chi connectivity index (χ3n) is 6.15. The van der Waals surface area contributed by atoms with E-state index in [0.717, 1.165) is 23.3 Å². The number of Topliss-reactive ketones (excluding diaryl/α,β-unsaturated/α-hetero) is 1. The fraction of sp³-hybridized carbons (Fsp3) is 0.280. The van der Waals surface area contributed by atoms with Crippen LogP contribution in [0.15, 0.2) is 60.1 Å². The number of ketones is 1. The molecule has 1 atom stereocenters. The van der Waals surface area contributed by atoms with Gasteiger partial charge < -0.3 is 14.9 Å². The molecule has 5 rings (SSSR count). The molecule has 0 aliphatic carbocycles. The van der Waals surface area contributed by atoms with Gasteiger partial charge in [0, 0.05) is 24.6 Å². The maximum Gasteiger partial charge on any atom is 0.290 e. The van der Waals surface area contributed by atoms with Crippen LogP contribution in [-0.4, -0.2) is 68.2 Å². The molecule has 34 heavy (non-hydrogen) atoms. The third-order valence-corrected chi connectivity index (χ3v) is 7.29. The van der Waals surface area contributed by atoms with E-state index in [1.807, 2.05) is 60.7 Å². The van der Waals surface area contributed by atoms with Crippen LogP contribution in [0.5, 0.6) is 0 Å². The van der Waals surface area contributed by atoms with Crippen molar-refractivity contribution in [3.05, 3.63) is 76.3 Å². The summed E-state index contributed by atoms with van der Waals surface area (Å²) in [7, 11) is 3.93. The molecule has 174 valence electrons. The topological polar surface area (TPSA) is 91.0 Å². The number of para-hydroxylation sites is 2. The van der Waals surface area contributed by atoms with Crippen molar-refractivity contribution in [3.63, 3.8) is 0 Å². The van der Waals surface area contributed by atoms with E-state index in [1.165, 1.54) is 11.3 Å². The van der Waals surface area contributed by atoms with Gasteiger partial charge in [-0.1, -0.05) is 29.5 Å². The van der Waals surface area contributed by atoms with Crippen LogP contribution in [-0.2, 0) is 4.79 Å². The summed E-state index contributed by atoms with van der Waals surface area (Å²) in [6.07, 6.45) is 4.00. The summed E-state index contributed by atoms with van der Waals surface area (Å²) in [6.45, 7) is 3.06. The van der Waals surface area contributed by atoms with Gasteiger partial charge in [0.25, 0.3) is 5.91 Å². The van der Waals surface area contributed by atoms with Gasteiger partial charge in [0.05, 0.1) is 27.5 Å². The molecule has 0 saturated carbocycles. The highest BCUT2D eigenvalue weighted by atomic mass is 32.1. The van der Waals surface area contributed by atoms with E-state index in [0.29, 0.717) is 28.4 Å². The zero-order valence-corrected chi connectivity index (χ0v) is 20.0. The Morgan fingerprint density at radius 1 is 1.21 bits per heavy atom.